The average Bonchev–Trinajstić information content (AvgIpc) is 2.04. The van der Waals surface area contributed by atoms with E-state index in [1.54, 1.807) is 12.1 Å². The second-order valence-corrected chi connectivity index (χ2v) is 2.80. The SMILES string of the molecule is Cc1ccc(C([NH3+])C(=O)O)cc1.[Cl-]. The normalized spacial score (nSPS) is 11.5. The highest BCUT2D eigenvalue weighted by Crippen LogP contribution is 2.09. The molecule has 1 aromatic carbocycles. The quantitative estimate of drug-likeness (QED) is 0.550. The van der Waals surface area contributed by atoms with Crippen LogP contribution in [0, 0.1) is 6.92 Å². The van der Waals surface area contributed by atoms with Crippen molar-refractivity contribution >= 4 is 5.97 Å². The number of carbonyl (C=O) groups is 1. The number of hydrogen-bond donors (Lipinski definition) is 2. The van der Waals surface area contributed by atoms with E-state index in [1.165, 1.54) is 0 Å². The number of carboxylic acids is 1. The Labute approximate surface area is 83.0 Å². The lowest BCUT2D eigenvalue weighted by atomic mass is 10.1. The van der Waals surface area contributed by atoms with Crippen molar-refractivity contribution in [1.82, 2.24) is 0 Å². The molecule has 4 N–H and O–H groups in total. The molecule has 0 aliphatic heterocycles. The lowest BCUT2D eigenvalue weighted by Crippen LogP contribution is -3.00. The Morgan fingerprint density at radius 1 is 1.38 bits per heavy atom. The monoisotopic (exact) mass is 201 g/mol. The molecule has 3 nitrogen and oxygen atoms in total. The molecule has 0 heterocycles. The van der Waals surface area contributed by atoms with E-state index < -0.39 is 12.0 Å². The fourth-order valence-electron chi connectivity index (χ4n) is 0.941. The van der Waals surface area contributed by atoms with Crippen LogP contribution < -0.4 is 18.1 Å². The molecule has 1 atom stereocenters. The van der Waals surface area contributed by atoms with E-state index in [4.69, 9.17) is 5.11 Å². The van der Waals surface area contributed by atoms with E-state index in [2.05, 4.69) is 5.73 Å². The summed E-state index contributed by atoms with van der Waals surface area (Å²) in [5, 5.41) is 8.64. The fraction of sp³-hybridized carbons (Fsp3) is 0.222. The Hall–Kier alpha value is -1.06. The van der Waals surface area contributed by atoms with E-state index >= 15 is 0 Å². The fourth-order valence-corrected chi connectivity index (χ4v) is 0.941. The molecule has 0 saturated heterocycles. The maximum absolute atomic E-state index is 10.5. The average molecular weight is 202 g/mol. The van der Waals surface area contributed by atoms with Crippen LogP contribution in [0.4, 0.5) is 0 Å². The van der Waals surface area contributed by atoms with Crippen LogP contribution in [0.5, 0.6) is 0 Å². The van der Waals surface area contributed by atoms with Gasteiger partial charge in [0.1, 0.15) is 0 Å². The highest BCUT2D eigenvalue weighted by atomic mass is 35.5. The number of hydrogen-bond acceptors (Lipinski definition) is 1. The summed E-state index contributed by atoms with van der Waals surface area (Å²) >= 11 is 0. The van der Waals surface area contributed by atoms with E-state index in [1.807, 2.05) is 19.1 Å². The van der Waals surface area contributed by atoms with Crippen molar-refractivity contribution in [1.29, 1.82) is 0 Å². The molecular formula is C9H12ClNO2. The van der Waals surface area contributed by atoms with Gasteiger partial charge in [0, 0.05) is 5.56 Å². The Morgan fingerprint density at radius 3 is 2.23 bits per heavy atom. The second-order valence-electron chi connectivity index (χ2n) is 2.80. The summed E-state index contributed by atoms with van der Waals surface area (Å²) in [5.41, 5.74) is 5.40. The highest BCUT2D eigenvalue weighted by molar-refractivity contribution is 5.73. The minimum atomic E-state index is -0.890. The van der Waals surface area contributed by atoms with Crippen LogP contribution in [0.15, 0.2) is 24.3 Å². The topological polar surface area (TPSA) is 64.9 Å². The number of carboxylic acid groups (broad SMARTS) is 1. The number of rotatable bonds is 2. The van der Waals surface area contributed by atoms with Crippen molar-refractivity contribution in [3.05, 3.63) is 35.4 Å². The van der Waals surface area contributed by atoms with Gasteiger partial charge in [-0.3, -0.25) is 0 Å². The molecular weight excluding hydrogens is 190 g/mol. The molecule has 0 aliphatic carbocycles. The summed E-state index contributed by atoms with van der Waals surface area (Å²) in [5.74, 6) is -0.890. The molecule has 0 aromatic heterocycles. The summed E-state index contributed by atoms with van der Waals surface area (Å²) in [6.07, 6.45) is 0. The molecule has 1 rings (SSSR count). The van der Waals surface area contributed by atoms with Crippen LogP contribution in [0.25, 0.3) is 0 Å². The lowest BCUT2D eigenvalue weighted by molar-refractivity contribution is -0.413. The second kappa shape index (κ2) is 4.84. The van der Waals surface area contributed by atoms with Gasteiger partial charge in [-0.1, -0.05) is 29.8 Å². The van der Waals surface area contributed by atoms with Crippen molar-refractivity contribution in [2.75, 3.05) is 0 Å². The van der Waals surface area contributed by atoms with Gasteiger partial charge in [-0.2, -0.15) is 0 Å². The lowest BCUT2D eigenvalue weighted by Gasteiger charge is -2.02. The first-order valence-electron chi connectivity index (χ1n) is 3.73. The van der Waals surface area contributed by atoms with Crippen molar-refractivity contribution in [3.63, 3.8) is 0 Å². The first kappa shape index (κ1) is 11.9. The summed E-state index contributed by atoms with van der Waals surface area (Å²) in [6.45, 7) is 1.96. The van der Waals surface area contributed by atoms with Crippen LogP contribution in [0.3, 0.4) is 0 Å². The molecule has 0 fully saturated rings. The van der Waals surface area contributed by atoms with E-state index in [0.717, 1.165) is 11.1 Å². The Kier molecular flexibility index (Phi) is 4.45. The summed E-state index contributed by atoms with van der Waals surface area (Å²) in [4.78, 5) is 10.5. The smallest absolute Gasteiger partial charge is 0.367 e. The van der Waals surface area contributed by atoms with Crippen molar-refractivity contribution < 1.29 is 28.0 Å². The molecule has 4 heteroatoms. The maximum atomic E-state index is 10.5. The highest BCUT2D eigenvalue weighted by Gasteiger charge is 2.17. The zero-order valence-corrected chi connectivity index (χ0v) is 8.08. The molecule has 13 heavy (non-hydrogen) atoms. The summed E-state index contributed by atoms with van der Waals surface area (Å²) in [6, 6.07) is 6.69. The van der Waals surface area contributed by atoms with E-state index in [0.29, 0.717) is 0 Å². The zero-order chi connectivity index (χ0) is 9.14. The molecule has 0 spiro atoms. The van der Waals surface area contributed by atoms with Crippen LogP contribution in [0.1, 0.15) is 17.2 Å². The summed E-state index contributed by atoms with van der Waals surface area (Å²) < 4.78 is 0. The minimum absolute atomic E-state index is 0. The van der Waals surface area contributed by atoms with Gasteiger partial charge in [-0.25, -0.2) is 4.79 Å². The third kappa shape index (κ3) is 3.05. The largest absolute Gasteiger partial charge is 1.00 e. The molecule has 1 aromatic rings. The van der Waals surface area contributed by atoms with Gasteiger partial charge in [0.15, 0.2) is 0 Å². The van der Waals surface area contributed by atoms with Gasteiger partial charge >= 0.3 is 5.97 Å². The van der Waals surface area contributed by atoms with Gasteiger partial charge in [-0.05, 0) is 6.92 Å². The molecule has 1 unspecified atom stereocenters. The van der Waals surface area contributed by atoms with Crippen molar-refractivity contribution in [2.24, 2.45) is 0 Å². The van der Waals surface area contributed by atoms with Crippen molar-refractivity contribution in [2.45, 2.75) is 13.0 Å². The maximum Gasteiger partial charge on any atom is 0.367 e. The summed E-state index contributed by atoms with van der Waals surface area (Å²) in [7, 11) is 0. The van der Waals surface area contributed by atoms with Gasteiger partial charge in [0.05, 0.1) is 0 Å². The third-order valence-corrected chi connectivity index (χ3v) is 1.78. The van der Waals surface area contributed by atoms with Crippen LogP contribution in [-0.4, -0.2) is 11.1 Å². The molecule has 0 radical (unpaired) electrons. The number of quaternary nitrogens is 1. The van der Waals surface area contributed by atoms with Crippen LogP contribution >= 0.6 is 0 Å². The number of benzene rings is 1. The first-order chi connectivity index (χ1) is 5.61. The van der Waals surface area contributed by atoms with Gasteiger partial charge in [0.2, 0.25) is 6.04 Å². The van der Waals surface area contributed by atoms with E-state index in [9.17, 15) is 4.79 Å². The zero-order valence-electron chi connectivity index (χ0n) is 7.33. The van der Waals surface area contributed by atoms with E-state index in [-0.39, 0.29) is 12.4 Å². The number of halogens is 1. The van der Waals surface area contributed by atoms with Gasteiger partial charge < -0.3 is 23.2 Å². The Morgan fingerprint density at radius 2 is 1.85 bits per heavy atom. The molecule has 72 valence electrons. The Bertz CT molecular complexity index is 284. The van der Waals surface area contributed by atoms with Gasteiger partial charge in [-0.15, -0.1) is 0 Å². The first-order valence-corrected chi connectivity index (χ1v) is 3.73. The Balaban J connectivity index is 0.00000144. The number of aliphatic carboxylic acids is 1. The molecule has 0 aliphatic rings. The van der Waals surface area contributed by atoms with Crippen molar-refractivity contribution in [3.8, 4) is 0 Å². The molecule has 0 saturated carbocycles. The minimum Gasteiger partial charge on any atom is -1.00 e. The standard InChI is InChI=1S/C9H11NO2.ClH/c1-6-2-4-7(5-3-6)8(10)9(11)12;/h2-5,8H,10H2,1H3,(H,11,12);1H. The molecule has 0 bridgehead atoms. The molecule has 0 amide bonds. The van der Waals surface area contributed by atoms with Crippen LogP contribution in [-0.2, 0) is 4.79 Å². The third-order valence-electron chi connectivity index (χ3n) is 1.78. The van der Waals surface area contributed by atoms with Crippen LogP contribution in [0.2, 0.25) is 0 Å². The predicted molar refractivity (Wildman–Crippen MR) is 44.4 cm³/mol. The van der Waals surface area contributed by atoms with Gasteiger partial charge in [0.25, 0.3) is 0 Å². The predicted octanol–water partition coefficient (Wildman–Crippen LogP) is -2.63. The number of aryl methyl sites for hydroxylation is 1.